The lowest BCUT2D eigenvalue weighted by atomic mass is 10.2. The first-order valence-corrected chi connectivity index (χ1v) is 11.0. The predicted octanol–water partition coefficient (Wildman–Crippen LogP) is 3.45. The Morgan fingerprint density at radius 1 is 1.20 bits per heavy atom. The van der Waals surface area contributed by atoms with Crippen molar-refractivity contribution in [2.75, 3.05) is 39.4 Å². The molecule has 7 heteroatoms. The van der Waals surface area contributed by atoms with Gasteiger partial charge in [-0.05, 0) is 58.0 Å². The molecule has 0 bridgehead atoms. The van der Waals surface area contributed by atoms with Crippen LogP contribution in [0, 0.1) is 0 Å². The van der Waals surface area contributed by atoms with Crippen molar-refractivity contribution in [3.8, 4) is 5.75 Å². The van der Waals surface area contributed by atoms with E-state index in [2.05, 4.69) is 16.8 Å². The van der Waals surface area contributed by atoms with Crippen molar-refractivity contribution in [3.63, 3.8) is 0 Å². The molecule has 0 spiro atoms. The Balaban J connectivity index is 1.79. The average molecular weight is 416 g/mol. The van der Waals surface area contributed by atoms with Gasteiger partial charge in [-0.3, -0.25) is 14.5 Å². The Kier molecular flexibility index (Phi) is 7.74. The third-order valence-electron chi connectivity index (χ3n) is 5.65. The minimum Gasteiger partial charge on any atom is -0.494 e. The topological polar surface area (TPSA) is 74.9 Å². The SMILES string of the molecule is CCOC(=O)CCN(CC1CCCN1CC)C(=O)c1cc2ccc(OCC)cc2[nH]1. The number of aromatic amines is 1. The molecule has 3 rings (SSSR count). The van der Waals surface area contributed by atoms with Gasteiger partial charge in [0.2, 0.25) is 0 Å². The Bertz CT molecular complexity index is 863. The minimum absolute atomic E-state index is 0.0867. The zero-order valence-corrected chi connectivity index (χ0v) is 18.3. The summed E-state index contributed by atoms with van der Waals surface area (Å²) in [4.78, 5) is 32.7. The van der Waals surface area contributed by atoms with E-state index in [-0.39, 0.29) is 18.3 Å². The van der Waals surface area contributed by atoms with E-state index in [0.717, 1.165) is 42.6 Å². The van der Waals surface area contributed by atoms with Crippen molar-refractivity contribution in [1.29, 1.82) is 0 Å². The van der Waals surface area contributed by atoms with Crippen LogP contribution in [0.2, 0.25) is 0 Å². The third kappa shape index (κ3) is 5.33. The van der Waals surface area contributed by atoms with Crippen LogP contribution in [0.15, 0.2) is 24.3 Å². The van der Waals surface area contributed by atoms with Crippen LogP contribution in [0.5, 0.6) is 5.75 Å². The smallest absolute Gasteiger partial charge is 0.307 e. The molecule has 1 amide bonds. The fraction of sp³-hybridized carbons (Fsp3) is 0.565. The van der Waals surface area contributed by atoms with Crippen molar-refractivity contribution < 1.29 is 19.1 Å². The lowest BCUT2D eigenvalue weighted by Gasteiger charge is -2.30. The molecule has 1 fully saturated rings. The molecule has 1 N–H and O–H groups in total. The highest BCUT2D eigenvalue weighted by Gasteiger charge is 2.28. The molecule has 2 heterocycles. The molecule has 164 valence electrons. The summed E-state index contributed by atoms with van der Waals surface area (Å²) in [5.41, 5.74) is 1.40. The number of H-pyrrole nitrogens is 1. The van der Waals surface area contributed by atoms with Gasteiger partial charge in [-0.25, -0.2) is 0 Å². The van der Waals surface area contributed by atoms with Crippen molar-refractivity contribution >= 4 is 22.8 Å². The lowest BCUT2D eigenvalue weighted by molar-refractivity contribution is -0.143. The molecule has 0 saturated carbocycles. The molecule has 7 nitrogen and oxygen atoms in total. The molecular weight excluding hydrogens is 382 g/mol. The van der Waals surface area contributed by atoms with Gasteiger partial charge in [-0.15, -0.1) is 0 Å². The predicted molar refractivity (Wildman–Crippen MR) is 117 cm³/mol. The number of carbonyl (C=O) groups is 2. The zero-order valence-electron chi connectivity index (χ0n) is 18.3. The number of likely N-dealkylation sites (N-methyl/N-ethyl adjacent to an activating group) is 1. The van der Waals surface area contributed by atoms with Crippen LogP contribution in [0.4, 0.5) is 0 Å². The Morgan fingerprint density at radius 3 is 2.77 bits per heavy atom. The fourth-order valence-electron chi connectivity index (χ4n) is 4.16. The van der Waals surface area contributed by atoms with Gasteiger partial charge < -0.3 is 19.4 Å². The summed E-state index contributed by atoms with van der Waals surface area (Å²) in [5, 5.41) is 0.961. The number of esters is 1. The second kappa shape index (κ2) is 10.5. The number of benzene rings is 1. The standard InChI is InChI=1S/C23H33N3O4/c1-4-25-12-7-8-18(25)16-26(13-11-22(27)30-6-3)23(28)21-14-17-9-10-19(29-5-2)15-20(17)24-21/h9-10,14-15,18,24H,4-8,11-13,16H2,1-3H3. The summed E-state index contributed by atoms with van der Waals surface area (Å²) >= 11 is 0. The maximum Gasteiger partial charge on any atom is 0.307 e. The third-order valence-corrected chi connectivity index (χ3v) is 5.65. The van der Waals surface area contributed by atoms with Gasteiger partial charge in [0.25, 0.3) is 5.91 Å². The molecular formula is C23H33N3O4. The number of fused-ring (bicyclic) bond motifs is 1. The summed E-state index contributed by atoms with van der Waals surface area (Å²) in [6.45, 7) is 9.83. The van der Waals surface area contributed by atoms with Crippen molar-refractivity contribution in [2.45, 2.75) is 46.1 Å². The summed E-state index contributed by atoms with van der Waals surface area (Å²) in [6, 6.07) is 7.97. The number of nitrogens with zero attached hydrogens (tertiary/aromatic N) is 2. The maximum absolute atomic E-state index is 13.4. The van der Waals surface area contributed by atoms with Gasteiger partial charge in [0, 0.05) is 36.1 Å². The van der Waals surface area contributed by atoms with Crippen LogP contribution in [-0.2, 0) is 9.53 Å². The molecule has 1 aliphatic heterocycles. The van der Waals surface area contributed by atoms with Crippen molar-refractivity contribution in [3.05, 3.63) is 30.0 Å². The number of aromatic nitrogens is 1. The highest BCUT2D eigenvalue weighted by molar-refractivity contribution is 5.98. The summed E-state index contributed by atoms with van der Waals surface area (Å²) in [5.74, 6) is 0.415. The molecule has 0 aliphatic carbocycles. The molecule has 1 atom stereocenters. The Labute approximate surface area is 178 Å². The molecule has 0 radical (unpaired) electrons. The van der Waals surface area contributed by atoms with E-state index < -0.39 is 0 Å². The lowest BCUT2D eigenvalue weighted by Crippen LogP contribution is -2.44. The number of ether oxygens (including phenoxy) is 2. The first-order chi connectivity index (χ1) is 14.5. The van der Waals surface area contributed by atoms with E-state index in [1.165, 1.54) is 0 Å². The highest BCUT2D eigenvalue weighted by Crippen LogP contribution is 2.23. The van der Waals surface area contributed by atoms with E-state index in [4.69, 9.17) is 9.47 Å². The number of nitrogens with one attached hydrogen (secondary N) is 1. The van der Waals surface area contributed by atoms with Gasteiger partial charge in [0.1, 0.15) is 11.4 Å². The normalized spacial score (nSPS) is 16.7. The second-order valence-electron chi connectivity index (χ2n) is 7.60. The van der Waals surface area contributed by atoms with E-state index in [1.54, 1.807) is 11.8 Å². The molecule has 1 aromatic heterocycles. The second-order valence-corrected chi connectivity index (χ2v) is 7.60. The monoisotopic (exact) mass is 415 g/mol. The molecule has 1 aromatic carbocycles. The summed E-state index contributed by atoms with van der Waals surface area (Å²) in [7, 11) is 0. The van der Waals surface area contributed by atoms with Crippen molar-refractivity contribution in [2.24, 2.45) is 0 Å². The van der Waals surface area contributed by atoms with Crippen molar-refractivity contribution in [1.82, 2.24) is 14.8 Å². The maximum atomic E-state index is 13.4. The number of likely N-dealkylation sites (tertiary alicyclic amines) is 1. The van der Waals surface area contributed by atoms with E-state index in [1.807, 2.05) is 31.2 Å². The first-order valence-electron chi connectivity index (χ1n) is 11.0. The Morgan fingerprint density at radius 2 is 2.03 bits per heavy atom. The van der Waals surface area contributed by atoms with Gasteiger partial charge in [-0.1, -0.05) is 6.92 Å². The van der Waals surface area contributed by atoms with Crippen LogP contribution in [0.1, 0.15) is 50.5 Å². The molecule has 1 unspecified atom stereocenters. The van der Waals surface area contributed by atoms with Gasteiger partial charge in [0.15, 0.2) is 0 Å². The van der Waals surface area contributed by atoms with Crippen LogP contribution in [-0.4, -0.2) is 72.1 Å². The zero-order chi connectivity index (χ0) is 21.5. The quantitative estimate of drug-likeness (QED) is 0.602. The average Bonchev–Trinajstić information content (AvgIpc) is 3.37. The van der Waals surface area contributed by atoms with E-state index in [0.29, 0.717) is 38.0 Å². The molecule has 30 heavy (non-hydrogen) atoms. The fourth-order valence-corrected chi connectivity index (χ4v) is 4.16. The molecule has 1 saturated heterocycles. The number of rotatable bonds is 10. The van der Waals surface area contributed by atoms with Gasteiger partial charge >= 0.3 is 5.97 Å². The largest absolute Gasteiger partial charge is 0.494 e. The van der Waals surface area contributed by atoms with Crippen LogP contribution >= 0.6 is 0 Å². The number of hydrogen-bond acceptors (Lipinski definition) is 5. The van der Waals surface area contributed by atoms with Gasteiger partial charge in [0.05, 0.1) is 19.6 Å². The number of hydrogen-bond donors (Lipinski definition) is 1. The van der Waals surface area contributed by atoms with Crippen LogP contribution < -0.4 is 4.74 Å². The summed E-state index contributed by atoms with van der Waals surface area (Å²) in [6.07, 6.45) is 2.42. The van der Waals surface area contributed by atoms with Crippen LogP contribution in [0.3, 0.4) is 0 Å². The van der Waals surface area contributed by atoms with E-state index >= 15 is 0 Å². The molecule has 1 aliphatic rings. The highest BCUT2D eigenvalue weighted by atomic mass is 16.5. The Hall–Kier alpha value is -2.54. The first kappa shape index (κ1) is 22.2. The number of amides is 1. The molecule has 2 aromatic rings. The van der Waals surface area contributed by atoms with E-state index in [9.17, 15) is 9.59 Å². The minimum atomic E-state index is -0.271. The van der Waals surface area contributed by atoms with Gasteiger partial charge in [-0.2, -0.15) is 0 Å². The summed E-state index contributed by atoms with van der Waals surface area (Å²) < 4.78 is 10.6. The number of carbonyl (C=O) groups excluding carboxylic acids is 2. The van der Waals surface area contributed by atoms with Crippen LogP contribution in [0.25, 0.3) is 10.9 Å².